The number of hydrogen-bond acceptors (Lipinski definition) is 3. The minimum atomic E-state index is 0.846. The van der Waals surface area contributed by atoms with E-state index < -0.39 is 0 Å². The third-order valence-corrected chi connectivity index (χ3v) is 2.34. The summed E-state index contributed by atoms with van der Waals surface area (Å²) in [6.07, 6.45) is 8.27. The van der Waals surface area contributed by atoms with Gasteiger partial charge in [-0.05, 0) is 12.5 Å². The van der Waals surface area contributed by atoms with Gasteiger partial charge in [-0.25, -0.2) is 10.4 Å². The average Bonchev–Trinajstić information content (AvgIpc) is 2.65. The summed E-state index contributed by atoms with van der Waals surface area (Å²) in [5, 5.41) is 2.08. The van der Waals surface area contributed by atoms with Crippen molar-refractivity contribution in [2.75, 3.05) is 6.54 Å². The van der Waals surface area contributed by atoms with Gasteiger partial charge >= 0.3 is 0 Å². The minimum absolute atomic E-state index is 0.846. The zero-order chi connectivity index (χ0) is 9.80. The van der Waals surface area contributed by atoms with Crippen LogP contribution in [0.1, 0.15) is 31.2 Å². The van der Waals surface area contributed by atoms with E-state index >= 15 is 0 Å². The Morgan fingerprint density at radius 3 is 3.43 bits per heavy atom. The van der Waals surface area contributed by atoms with E-state index in [-0.39, 0.29) is 0 Å². The second-order valence-corrected chi connectivity index (χ2v) is 3.47. The Kier molecular flexibility index (Phi) is 2.84. The van der Waals surface area contributed by atoms with Gasteiger partial charge in [0.1, 0.15) is 0 Å². The number of aromatic nitrogens is 2. The van der Waals surface area contributed by atoms with Crippen LogP contribution in [0.3, 0.4) is 0 Å². The molecule has 4 heteroatoms. The lowest BCUT2D eigenvalue weighted by molar-refractivity contribution is 0.256. The van der Waals surface area contributed by atoms with Gasteiger partial charge in [0.2, 0.25) is 0 Å². The van der Waals surface area contributed by atoms with Crippen molar-refractivity contribution in [3.63, 3.8) is 0 Å². The third kappa shape index (κ3) is 1.96. The van der Waals surface area contributed by atoms with Crippen molar-refractivity contribution >= 4 is 6.08 Å². The maximum absolute atomic E-state index is 4.25. The molecule has 0 unspecified atom stereocenters. The van der Waals surface area contributed by atoms with Crippen molar-refractivity contribution in [1.29, 1.82) is 0 Å². The van der Waals surface area contributed by atoms with Crippen LogP contribution in [-0.4, -0.2) is 21.5 Å². The van der Waals surface area contributed by atoms with Crippen LogP contribution in [0.2, 0.25) is 0 Å². The van der Waals surface area contributed by atoms with Crippen LogP contribution >= 0.6 is 0 Å². The highest BCUT2D eigenvalue weighted by atomic mass is 15.5. The lowest BCUT2D eigenvalue weighted by atomic mass is 10.2. The maximum Gasteiger partial charge on any atom is 0.0928 e. The van der Waals surface area contributed by atoms with Gasteiger partial charge in [-0.15, -0.1) is 0 Å². The molecule has 2 rings (SSSR count). The van der Waals surface area contributed by atoms with Gasteiger partial charge in [0.25, 0.3) is 0 Å². The Morgan fingerprint density at radius 1 is 1.64 bits per heavy atom. The monoisotopic (exact) mass is 192 g/mol. The van der Waals surface area contributed by atoms with Gasteiger partial charge in [-0.1, -0.05) is 13.3 Å². The second-order valence-electron chi connectivity index (χ2n) is 3.47. The van der Waals surface area contributed by atoms with Crippen molar-refractivity contribution in [2.24, 2.45) is 0 Å². The van der Waals surface area contributed by atoms with Gasteiger partial charge in [-0.3, -0.25) is 0 Å². The van der Waals surface area contributed by atoms with Crippen LogP contribution in [0.4, 0.5) is 0 Å². The Labute approximate surface area is 84.0 Å². The Balaban J connectivity index is 1.88. The molecule has 0 saturated heterocycles. The van der Waals surface area contributed by atoms with Crippen molar-refractivity contribution in [1.82, 2.24) is 20.4 Å². The summed E-state index contributed by atoms with van der Waals surface area (Å²) in [7, 11) is 0. The van der Waals surface area contributed by atoms with Crippen LogP contribution in [0, 0.1) is 0 Å². The molecule has 1 aromatic heterocycles. The highest BCUT2D eigenvalue weighted by molar-refractivity contribution is 5.48. The van der Waals surface area contributed by atoms with E-state index in [1.54, 1.807) is 6.33 Å². The van der Waals surface area contributed by atoms with E-state index in [1.807, 2.05) is 6.08 Å². The molecule has 0 bridgehead atoms. The van der Waals surface area contributed by atoms with Gasteiger partial charge in [-0.2, -0.15) is 0 Å². The van der Waals surface area contributed by atoms with Crippen molar-refractivity contribution in [3.05, 3.63) is 23.9 Å². The summed E-state index contributed by atoms with van der Waals surface area (Å²) < 4.78 is 0. The zero-order valence-corrected chi connectivity index (χ0v) is 8.45. The molecule has 0 saturated carbocycles. The molecular formula is C10H16N4. The molecule has 14 heavy (non-hydrogen) atoms. The molecule has 0 aliphatic carbocycles. The first-order chi connectivity index (χ1) is 6.90. The Bertz CT molecular complexity index is 316. The molecule has 0 amide bonds. The van der Waals surface area contributed by atoms with Crippen LogP contribution in [0.5, 0.6) is 0 Å². The van der Waals surface area contributed by atoms with Crippen LogP contribution in [-0.2, 0) is 6.54 Å². The highest BCUT2D eigenvalue weighted by Gasteiger charge is 2.11. The number of nitrogens with one attached hydrogen (secondary N) is 2. The van der Waals surface area contributed by atoms with E-state index in [9.17, 15) is 0 Å². The van der Waals surface area contributed by atoms with E-state index in [1.165, 1.54) is 12.8 Å². The first-order valence-corrected chi connectivity index (χ1v) is 5.10. The SMILES string of the molecule is CCCCNN1C=Cc2[nH]cnc2C1. The first-order valence-electron chi connectivity index (χ1n) is 5.10. The number of fused-ring (bicyclic) bond motifs is 1. The average molecular weight is 192 g/mol. The quantitative estimate of drug-likeness (QED) is 0.710. The topological polar surface area (TPSA) is 44.0 Å². The molecule has 1 aliphatic heterocycles. The Morgan fingerprint density at radius 2 is 2.57 bits per heavy atom. The van der Waals surface area contributed by atoms with Crippen molar-refractivity contribution < 1.29 is 0 Å². The first kappa shape index (κ1) is 9.27. The summed E-state index contributed by atoms with van der Waals surface area (Å²) in [5.74, 6) is 0. The summed E-state index contributed by atoms with van der Waals surface area (Å²) in [6, 6.07) is 0. The number of unbranched alkanes of at least 4 members (excludes halogenated alkanes) is 1. The molecule has 0 aromatic carbocycles. The van der Waals surface area contributed by atoms with Crippen LogP contribution < -0.4 is 5.43 Å². The smallest absolute Gasteiger partial charge is 0.0928 e. The fraction of sp³-hybridized carbons (Fsp3) is 0.500. The maximum atomic E-state index is 4.25. The van der Waals surface area contributed by atoms with Crippen molar-refractivity contribution in [2.45, 2.75) is 26.3 Å². The standard InChI is InChI=1S/C10H16N4/c1-2-3-5-13-14-6-4-9-10(7-14)12-8-11-9/h4,6,8,13H,2-3,5,7H2,1H3,(H,11,12). The number of rotatable bonds is 4. The summed E-state index contributed by atoms with van der Waals surface area (Å²) in [5.41, 5.74) is 5.58. The molecule has 76 valence electrons. The molecule has 2 N–H and O–H groups in total. The minimum Gasteiger partial charge on any atom is -0.345 e. The van der Waals surface area contributed by atoms with Crippen molar-refractivity contribution in [3.8, 4) is 0 Å². The molecule has 0 spiro atoms. The molecule has 0 atom stereocenters. The molecule has 0 fully saturated rings. The number of H-pyrrole nitrogens is 1. The van der Waals surface area contributed by atoms with E-state index in [0.717, 1.165) is 24.5 Å². The number of hydrazine groups is 1. The van der Waals surface area contributed by atoms with Gasteiger partial charge in [0.15, 0.2) is 0 Å². The highest BCUT2D eigenvalue weighted by Crippen LogP contribution is 2.13. The third-order valence-electron chi connectivity index (χ3n) is 2.34. The molecular weight excluding hydrogens is 176 g/mol. The fourth-order valence-corrected chi connectivity index (χ4v) is 1.49. The molecule has 1 aliphatic rings. The van der Waals surface area contributed by atoms with Crippen LogP contribution in [0.25, 0.3) is 6.08 Å². The van der Waals surface area contributed by atoms with Gasteiger partial charge < -0.3 is 9.99 Å². The van der Waals surface area contributed by atoms with E-state index in [2.05, 4.69) is 33.5 Å². The number of imidazole rings is 1. The molecule has 1 aromatic rings. The van der Waals surface area contributed by atoms with Gasteiger partial charge in [0, 0.05) is 12.7 Å². The number of aromatic amines is 1. The normalized spacial score (nSPS) is 14.5. The van der Waals surface area contributed by atoms with Gasteiger partial charge in [0.05, 0.1) is 24.3 Å². The molecule has 0 radical (unpaired) electrons. The number of nitrogens with zero attached hydrogens (tertiary/aromatic N) is 2. The fourth-order valence-electron chi connectivity index (χ4n) is 1.49. The molecule has 2 heterocycles. The summed E-state index contributed by atoms with van der Waals surface area (Å²) in [6.45, 7) is 4.07. The lowest BCUT2D eigenvalue weighted by Gasteiger charge is -2.23. The molecule has 4 nitrogen and oxygen atoms in total. The van der Waals surface area contributed by atoms with E-state index in [0.29, 0.717) is 0 Å². The number of hydrogen-bond donors (Lipinski definition) is 2. The predicted molar refractivity (Wildman–Crippen MR) is 56.1 cm³/mol. The predicted octanol–water partition coefficient (Wildman–Crippen LogP) is 1.50. The Hall–Kier alpha value is -1.29. The lowest BCUT2D eigenvalue weighted by Crippen LogP contribution is -2.35. The van der Waals surface area contributed by atoms with Crippen LogP contribution in [0.15, 0.2) is 12.5 Å². The second kappa shape index (κ2) is 4.28. The zero-order valence-electron chi connectivity index (χ0n) is 8.45. The largest absolute Gasteiger partial charge is 0.345 e. The van der Waals surface area contributed by atoms with E-state index in [4.69, 9.17) is 0 Å². The summed E-state index contributed by atoms with van der Waals surface area (Å²) in [4.78, 5) is 7.34. The summed E-state index contributed by atoms with van der Waals surface area (Å²) >= 11 is 0.